The molecule has 1 fully saturated rings. The Bertz CT molecular complexity index is 169. The highest BCUT2D eigenvalue weighted by Gasteiger charge is 2.31. The normalized spacial score (nSPS) is 20.6. The highest BCUT2D eigenvalue weighted by Crippen LogP contribution is 2.35. The third kappa shape index (κ3) is 4.96. The number of methoxy groups -OCH3 is 1. The topological polar surface area (TPSA) is 38.5 Å². The molecule has 0 aliphatic heterocycles. The van der Waals surface area contributed by atoms with Crippen molar-refractivity contribution >= 4 is 0 Å². The second kappa shape index (κ2) is 6.46. The Morgan fingerprint density at radius 3 is 2.47 bits per heavy atom. The molecule has 0 amide bonds. The lowest BCUT2D eigenvalue weighted by Crippen LogP contribution is -2.39. The van der Waals surface area contributed by atoms with Crippen LogP contribution < -0.4 is 5.73 Å². The fourth-order valence-corrected chi connectivity index (χ4v) is 1.97. The van der Waals surface area contributed by atoms with Gasteiger partial charge >= 0.3 is 0 Å². The monoisotopic (exact) mass is 214 g/mol. The first-order valence-electron chi connectivity index (χ1n) is 6.13. The molecule has 15 heavy (non-hydrogen) atoms. The Morgan fingerprint density at radius 2 is 2.00 bits per heavy atom. The molecule has 0 aromatic carbocycles. The SMILES string of the molecule is COCCN(CCC(C)N)C(C)C1CC1. The van der Waals surface area contributed by atoms with Crippen LogP contribution in [-0.2, 0) is 4.74 Å². The van der Waals surface area contributed by atoms with Crippen molar-refractivity contribution in [1.29, 1.82) is 0 Å². The second-order valence-electron chi connectivity index (χ2n) is 4.87. The van der Waals surface area contributed by atoms with E-state index < -0.39 is 0 Å². The first kappa shape index (κ1) is 12.9. The number of nitrogens with zero attached hydrogens (tertiary/aromatic N) is 1. The van der Waals surface area contributed by atoms with Gasteiger partial charge in [0.2, 0.25) is 0 Å². The lowest BCUT2D eigenvalue weighted by atomic mass is 10.1. The molecule has 1 aliphatic rings. The van der Waals surface area contributed by atoms with Crippen molar-refractivity contribution in [3.63, 3.8) is 0 Å². The Balaban J connectivity index is 2.29. The van der Waals surface area contributed by atoms with E-state index >= 15 is 0 Å². The van der Waals surface area contributed by atoms with Crippen molar-refractivity contribution in [3.8, 4) is 0 Å². The Labute approximate surface area is 94.0 Å². The minimum absolute atomic E-state index is 0.307. The van der Waals surface area contributed by atoms with Gasteiger partial charge in [0, 0.05) is 25.7 Å². The van der Waals surface area contributed by atoms with Crippen molar-refractivity contribution in [1.82, 2.24) is 4.90 Å². The third-order valence-electron chi connectivity index (χ3n) is 3.33. The van der Waals surface area contributed by atoms with Gasteiger partial charge in [-0.25, -0.2) is 0 Å². The maximum Gasteiger partial charge on any atom is 0.0589 e. The van der Waals surface area contributed by atoms with E-state index in [1.807, 2.05) is 0 Å². The van der Waals surface area contributed by atoms with Gasteiger partial charge in [0.1, 0.15) is 0 Å². The Kier molecular flexibility index (Phi) is 5.58. The summed E-state index contributed by atoms with van der Waals surface area (Å²) in [5, 5.41) is 0. The van der Waals surface area contributed by atoms with E-state index in [9.17, 15) is 0 Å². The van der Waals surface area contributed by atoms with E-state index in [2.05, 4.69) is 18.7 Å². The van der Waals surface area contributed by atoms with E-state index in [0.717, 1.165) is 32.0 Å². The summed E-state index contributed by atoms with van der Waals surface area (Å²) < 4.78 is 5.16. The molecule has 0 aromatic rings. The molecule has 2 unspecified atom stereocenters. The van der Waals surface area contributed by atoms with Gasteiger partial charge < -0.3 is 10.5 Å². The summed E-state index contributed by atoms with van der Waals surface area (Å²) in [6.45, 7) is 7.40. The summed E-state index contributed by atoms with van der Waals surface area (Å²) in [6.07, 6.45) is 3.90. The number of hydrogen-bond acceptors (Lipinski definition) is 3. The number of hydrogen-bond donors (Lipinski definition) is 1. The van der Waals surface area contributed by atoms with Crippen LogP contribution in [0.3, 0.4) is 0 Å². The van der Waals surface area contributed by atoms with Gasteiger partial charge in [0.15, 0.2) is 0 Å². The highest BCUT2D eigenvalue weighted by atomic mass is 16.5. The van der Waals surface area contributed by atoms with Crippen LogP contribution in [0, 0.1) is 5.92 Å². The summed E-state index contributed by atoms with van der Waals surface area (Å²) in [7, 11) is 1.77. The number of rotatable bonds is 8. The fourth-order valence-electron chi connectivity index (χ4n) is 1.97. The number of nitrogens with two attached hydrogens (primary N) is 1. The molecule has 3 nitrogen and oxygen atoms in total. The lowest BCUT2D eigenvalue weighted by Gasteiger charge is -2.29. The van der Waals surface area contributed by atoms with Crippen LogP contribution >= 0.6 is 0 Å². The van der Waals surface area contributed by atoms with E-state index in [-0.39, 0.29) is 0 Å². The maximum absolute atomic E-state index is 5.80. The Hall–Kier alpha value is -0.120. The van der Waals surface area contributed by atoms with E-state index in [0.29, 0.717) is 12.1 Å². The molecule has 1 saturated carbocycles. The maximum atomic E-state index is 5.80. The molecule has 2 N–H and O–H groups in total. The molecule has 3 heteroatoms. The molecule has 0 heterocycles. The van der Waals surface area contributed by atoms with Gasteiger partial charge in [-0.05, 0) is 45.6 Å². The van der Waals surface area contributed by atoms with Crippen LogP contribution in [0.4, 0.5) is 0 Å². The van der Waals surface area contributed by atoms with Crippen molar-refractivity contribution in [2.75, 3.05) is 26.8 Å². The predicted molar refractivity (Wildman–Crippen MR) is 63.9 cm³/mol. The van der Waals surface area contributed by atoms with Gasteiger partial charge in [-0.15, -0.1) is 0 Å². The largest absolute Gasteiger partial charge is 0.383 e. The molecule has 1 aliphatic carbocycles. The molecule has 0 saturated heterocycles. The van der Waals surface area contributed by atoms with Gasteiger partial charge in [0.25, 0.3) is 0 Å². The van der Waals surface area contributed by atoms with Crippen molar-refractivity contribution in [3.05, 3.63) is 0 Å². The van der Waals surface area contributed by atoms with Crippen LogP contribution in [-0.4, -0.2) is 43.8 Å². The minimum Gasteiger partial charge on any atom is -0.383 e. The first-order valence-corrected chi connectivity index (χ1v) is 6.13. The van der Waals surface area contributed by atoms with Crippen LogP contribution in [0.15, 0.2) is 0 Å². The lowest BCUT2D eigenvalue weighted by molar-refractivity contribution is 0.114. The molecular weight excluding hydrogens is 188 g/mol. The first-order chi connectivity index (χ1) is 7.15. The average Bonchev–Trinajstić information content (AvgIpc) is 3.00. The van der Waals surface area contributed by atoms with Gasteiger partial charge in [0.05, 0.1) is 6.61 Å². The van der Waals surface area contributed by atoms with E-state index in [1.54, 1.807) is 7.11 Å². The zero-order valence-electron chi connectivity index (χ0n) is 10.4. The van der Waals surface area contributed by atoms with Gasteiger partial charge in [-0.3, -0.25) is 4.90 Å². The average molecular weight is 214 g/mol. The van der Waals surface area contributed by atoms with Crippen LogP contribution in [0.5, 0.6) is 0 Å². The molecule has 2 atom stereocenters. The van der Waals surface area contributed by atoms with Crippen molar-refractivity contribution in [2.24, 2.45) is 11.7 Å². The van der Waals surface area contributed by atoms with E-state index in [4.69, 9.17) is 10.5 Å². The van der Waals surface area contributed by atoms with Crippen molar-refractivity contribution in [2.45, 2.75) is 45.2 Å². The number of ether oxygens (including phenoxy) is 1. The van der Waals surface area contributed by atoms with Crippen LogP contribution in [0.2, 0.25) is 0 Å². The minimum atomic E-state index is 0.307. The zero-order chi connectivity index (χ0) is 11.3. The molecule has 0 radical (unpaired) electrons. The summed E-state index contributed by atoms with van der Waals surface area (Å²) in [4.78, 5) is 2.53. The van der Waals surface area contributed by atoms with E-state index in [1.165, 1.54) is 12.8 Å². The summed E-state index contributed by atoms with van der Waals surface area (Å²) in [5.41, 5.74) is 5.80. The molecule has 0 spiro atoms. The summed E-state index contributed by atoms with van der Waals surface area (Å²) in [6, 6.07) is 1.01. The highest BCUT2D eigenvalue weighted by molar-refractivity contribution is 4.85. The standard InChI is InChI=1S/C12H26N2O/c1-10(13)6-7-14(8-9-15-3)11(2)12-4-5-12/h10-12H,4-9,13H2,1-3H3. The smallest absolute Gasteiger partial charge is 0.0589 e. The van der Waals surface area contributed by atoms with Gasteiger partial charge in [-0.1, -0.05) is 0 Å². The third-order valence-corrected chi connectivity index (χ3v) is 3.33. The van der Waals surface area contributed by atoms with Crippen LogP contribution in [0.25, 0.3) is 0 Å². The van der Waals surface area contributed by atoms with Gasteiger partial charge in [-0.2, -0.15) is 0 Å². The second-order valence-corrected chi connectivity index (χ2v) is 4.87. The van der Waals surface area contributed by atoms with Crippen LogP contribution in [0.1, 0.15) is 33.1 Å². The predicted octanol–water partition coefficient (Wildman–Crippen LogP) is 1.47. The Morgan fingerprint density at radius 1 is 1.33 bits per heavy atom. The molecular formula is C12H26N2O. The summed E-state index contributed by atoms with van der Waals surface area (Å²) >= 11 is 0. The zero-order valence-corrected chi connectivity index (χ0v) is 10.4. The molecule has 0 bridgehead atoms. The molecule has 90 valence electrons. The summed E-state index contributed by atoms with van der Waals surface area (Å²) in [5.74, 6) is 0.926. The fraction of sp³-hybridized carbons (Fsp3) is 1.00. The molecule has 0 aromatic heterocycles. The van der Waals surface area contributed by atoms with Crippen molar-refractivity contribution < 1.29 is 4.74 Å². The molecule has 1 rings (SSSR count). The quantitative estimate of drug-likeness (QED) is 0.665.